The third kappa shape index (κ3) is 3.13. The maximum absolute atomic E-state index is 12.9. The van der Waals surface area contributed by atoms with Gasteiger partial charge in [0.1, 0.15) is 5.82 Å². The zero-order valence-electron chi connectivity index (χ0n) is 11.3. The number of carbonyl (C=O) groups excluding carboxylic acids is 1. The lowest BCUT2D eigenvalue weighted by molar-refractivity contribution is -0.133. The van der Waals surface area contributed by atoms with Crippen LogP contribution in [0.25, 0.3) is 0 Å². The summed E-state index contributed by atoms with van der Waals surface area (Å²) in [5.41, 5.74) is 0.892. The van der Waals surface area contributed by atoms with Crippen LogP contribution in [0.3, 0.4) is 0 Å². The Bertz CT molecular complexity index is 451. The van der Waals surface area contributed by atoms with Crippen LogP contribution in [0.15, 0.2) is 24.3 Å². The fourth-order valence-electron chi connectivity index (χ4n) is 3.26. The molecule has 2 unspecified atom stereocenters. The van der Waals surface area contributed by atoms with Gasteiger partial charge in [-0.15, -0.1) is 12.4 Å². The molecule has 2 heterocycles. The van der Waals surface area contributed by atoms with Crippen LogP contribution in [-0.4, -0.2) is 36.0 Å². The van der Waals surface area contributed by atoms with Crippen LogP contribution in [-0.2, 0) is 11.2 Å². The van der Waals surface area contributed by atoms with E-state index in [0.29, 0.717) is 18.5 Å². The number of hydrogen-bond donors (Lipinski definition) is 1. The normalized spacial score (nSPS) is 24.9. The van der Waals surface area contributed by atoms with Crippen LogP contribution in [0.5, 0.6) is 0 Å². The van der Waals surface area contributed by atoms with Gasteiger partial charge in [0.15, 0.2) is 0 Å². The van der Waals surface area contributed by atoms with Crippen molar-refractivity contribution in [2.45, 2.75) is 37.8 Å². The molecule has 0 spiro atoms. The highest BCUT2D eigenvalue weighted by Crippen LogP contribution is 2.28. The van der Waals surface area contributed by atoms with Crippen molar-refractivity contribution in [1.29, 1.82) is 0 Å². The second kappa shape index (κ2) is 6.55. The summed E-state index contributed by atoms with van der Waals surface area (Å²) < 4.78 is 12.9. The summed E-state index contributed by atoms with van der Waals surface area (Å²) in [7, 11) is 0. The molecule has 1 aromatic carbocycles. The molecule has 20 heavy (non-hydrogen) atoms. The van der Waals surface area contributed by atoms with Crippen molar-refractivity contribution in [1.82, 2.24) is 10.2 Å². The van der Waals surface area contributed by atoms with Crippen LogP contribution in [0, 0.1) is 5.82 Å². The standard InChI is InChI=1S/C15H19FN2O.ClH/c16-12-3-1-11(2-4-12)9-15(19)18-13-5-6-14(18)10-17-8-7-13;/h1-4,13-14,17H,5-10H2;1H. The fraction of sp³-hybridized carbons (Fsp3) is 0.533. The summed E-state index contributed by atoms with van der Waals surface area (Å²) in [5.74, 6) is -0.0713. The third-order valence-electron chi connectivity index (χ3n) is 4.21. The van der Waals surface area contributed by atoms with Gasteiger partial charge in [-0.2, -0.15) is 0 Å². The first kappa shape index (κ1) is 15.3. The molecule has 2 bridgehead atoms. The number of carbonyl (C=O) groups is 1. The van der Waals surface area contributed by atoms with E-state index in [4.69, 9.17) is 0 Å². The minimum Gasteiger partial charge on any atom is -0.335 e. The molecule has 3 rings (SSSR count). The average Bonchev–Trinajstić information content (AvgIpc) is 2.66. The highest BCUT2D eigenvalue weighted by molar-refractivity contribution is 5.85. The van der Waals surface area contributed by atoms with E-state index in [1.165, 1.54) is 12.1 Å². The number of hydrogen-bond acceptors (Lipinski definition) is 2. The van der Waals surface area contributed by atoms with Crippen molar-refractivity contribution in [3.8, 4) is 0 Å². The minimum absolute atomic E-state index is 0. The molecule has 2 aliphatic heterocycles. The Morgan fingerprint density at radius 3 is 2.65 bits per heavy atom. The zero-order chi connectivity index (χ0) is 13.2. The van der Waals surface area contributed by atoms with E-state index in [9.17, 15) is 9.18 Å². The first-order valence-electron chi connectivity index (χ1n) is 7.00. The number of benzene rings is 1. The molecule has 1 N–H and O–H groups in total. The monoisotopic (exact) mass is 298 g/mol. The van der Waals surface area contributed by atoms with Gasteiger partial charge in [0.25, 0.3) is 0 Å². The Labute approximate surface area is 124 Å². The first-order valence-corrected chi connectivity index (χ1v) is 7.00. The minimum atomic E-state index is -0.254. The Morgan fingerprint density at radius 1 is 1.20 bits per heavy atom. The molecule has 2 fully saturated rings. The summed E-state index contributed by atoms with van der Waals surface area (Å²) in [6.07, 6.45) is 3.66. The molecule has 5 heteroatoms. The number of nitrogens with one attached hydrogen (secondary N) is 1. The summed E-state index contributed by atoms with van der Waals surface area (Å²) in [6.45, 7) is 1.91. The van der Waals surface area contributed by atoms with Crippen LogP contribution < -0.4 is 5.32 Å². The number of fused-ring (bicyclic) bond motifs is 2. The van der Waals surface area contributed by atoms with Gasteiger partial charge in [0, 0.05) is 18.6 Å². The molecule has 3 nitrogen and oxygen atoms in total. The molecule has 1 amide bonds. The lowest BCUT2D eigenvalue weighted by Crippen LogP contribution is -2.43. The Kier molecular flexibility index (Phi) is 5.00. The van der Waals surface area contributed by atoms with E-state index < -0.39 is 0 Å². The second-order valence-corrected chi connectivity index (χ2v) is 5.48. The van der Waals surface area contributed by atoms with Gasteiger partial charge in [-0.3, -0.25) is 4.79 Å². The molecule has 2 aliphatic rings. The van der Waals surface area contributed by atoms with Crippen molar-refractivity contribution in [3.63, 3.8) is 0 Å². The van der Waals surface area contributed by atoms with Gasteiger partial charge >= 0.3 is 0 Å². The number of rotatable bonds is 2. The van der Waals surface area contributed by atoms with Gasteiger partial charge in [-0.05, 0) is 43.5 Å². The van der Waals surface area contributed by atoms with Crippen molar-refractivity contribution in [2.75, 3.05) is 13.1 Å². The molecule has 2 atom stereocenters. The molecular formula is C15H20ClFN2O. The van der Waals surface area contributed by atoms with E-state index in [2.05, 4.69) is 10.2 Å². The van der Waals surface area contributed by atoms with E-state index in [1.807, 2.05) is 0 Å². The topological polar surface area (TPSA) is 32.3 Å². The smallest absolute Gasteiger partial charge is 0.227 e. The third-order valence-corrected chi connectivity index (χ3v) is 4.21. The number of halogens is 2. The number of nitrogens with zero attached hydrogens (tertiary/aromatic N) is 1. The maximum Gasteiger partial charge on any atom is 0.227 e. The fourth-order valence-corrected chi connectivity index (χ4v) is 3.26. The van der Waals surface area contributed by atoms with Gasteiger partial charge in [0.05, 0.1) is 6.42 Å². The van der Waals surface area contributed by atoms with E-state index in [0.717, 1.165) is 37.9 Å². The average molecular weight is 299 g/mol. The summed E-state index contributed by atoms with van der Waals surface area (Å²) in [6, 6.07) is 6.98. The summed E-state index contributed by atoms with van der Waals surface area (Å²) in [4.78, 5) is 14.5. The molecule has 0 aromatic heterocycles. The molecule has 110 valence electrons. The predicted octanol–water partition coefficient (Wildman–Crippen LogP) is 2.14. The van der Waals surface area contributed by atoms with E-state index in [1.54, 1.807) is 12.1 Å². The van der Waals surface area contributed by atoms with Crippen molar-refractivity contribution in [3.05, 3.63) is 35.6 Å². The maximum atomic E-state index is 12.9. The van der Waals surface area contributed by atoms with E-state index in [-0.39, 0.29) is 24.1 Å². The highest BCUT2D eigenvalue weighted by Gasteiger charge is 2.37. The lowest BCUT2D eigenvalue weighted by Gasteiger charge is -2.28. The van der Waals surface area contributed by atoms with Gasteiger partial charge in [-0.1, -0.05) is 12.1 Å². The molecule has 0 radical (unpaired) electrons. The van der Waals surface area contributed by atoms with Gasteiger partial charge in [-0.25, -0.2) is 4.39 Å². The van der Waals surface area contributed by atoms with Gasteiger partial charge in [0.2, 0.25) is 5.91 Å². The highest BCUT2D eigenvalue weighted by atomic mass is 35.5. The molecule has 1 aromatic rings. The molecule has 0 saturated carbocycles. The largest absolute Gasteiger partial charge is 0.335 e. The zero-order valence-corrected chi connectivity index (χ0v) is 12.2. The predicted molar refractivity (Wildman–Crippen MR) is 78.5 cm³/mol. The van der Waals surface area contributed by atoms with Crippen LogP contribution in [0.4, 0.5) is 4.39 Å². The van der Waals surface area contributed by atoms with Crippen molar-refractivity contribution < 1.29 is 9.18 Å². The molecular weight excluding hydrogens is 279 g/mol. The first-order chi connectivity index (χ1) is 9.24. The van der Waals surface area contributed by atoms with Crippen molar-refractivity contribution >= 4 is 18.3 Å². The number of amides is 1. The SMILES string of the molecule is Cl.O=C(Cc1ccc(F)cc1)N1C2CCNCC1CC2. The van der Waals surface area contributed by atoms with E-state index >= 15 is 0 Å². The molecule has 2 saturated heterocycles. The summed E-state index contributed by atoms with van der Waals surface area (Å²) in [5, 5.41) is 3.39. The Morgan fingerprint density at radius 2 is 1.90 bits per heavy atom. The quantitative estimate of drug-likeness (QED) is 0.907. The lowest BCUT2D eigenvalue weighted by atomic mass is 10.1. The van der Waals surface area contributed by atoms with Gasteiger partial charge < -0.3 is 10.2 Å². The van der Waals surface area contributed by atoms with Crippen LogP contribution >= 0.6 is 12.4 Å². The van der Waals surface area contributed by atoms with Crippen LogP contribution in [0.2, 0.25) is 0 Å². The van der Waals surface area contributed by atoms with Crippen molar-refractivity contribution in [2.24, 2.45) is 0 Å². The summed E-state index contributed by atoms with van der Waals surface area (Å²) >= 11 is 0. The Hall–Kier alpha value is -1.13. The second-order valence-electron chi connectivity index (χ2n) is 5.48. The van der Waals surface area contributed by atoms with Crippen LogP contribution in [0.1, 0.15) is 24.8 Å². The Balaban J connectivity index is 0.00000147. The molecule has 0 aliphatic carbocycles.